The molecule has 9 heteroatoms. The summed E-state index contributed by atoms with van der Waals surface area (Å²) >= 11 is 0. The van der Waals surface area contributed by atoms with E-state index < -0.39 is 43.9 Å². The number of aliphatic hydroxyl groups is 1. The molecule has 2 fully saturated rings. The third kappa shape index (κ3) is 3.11. The summed E-state index contributed by atoms with van der Waals surface area (Å²) in [4.78, 5) is 0. The van der Waals surface area contributed by atoms with Gasteiger partial charge in [0.15, 0.2) is 21.4 Å². The van der Waals surface area contributed by atoms with Crippen molar-refractivity contribution >= 4 is 9.84 Å². The Labute approximate surface area is 136 Å². The Morgan fingerprint density at radius 1 is 1.17 bits per heavy atom. The number of ether oxygens (including phenoxy) is 1. The van der Waals surface area contributed by atoms with Gasteiger partial charge in [-0.05, 0) is 43.4 Å². The second-order valence-corrected chi connectivity index (χ2v) is 8.91. The average molecular weight is 368 g/mol. The molecular weight excluding hydrogens is 352 g/mol. The summed E-state index contributed by atoms with van der Waals surface area (Å²) in [5.74, 6) is -2.24. The molecule has 2 unspecified atom stereocenters. The highest BCUT2D eigenvalue weighted by Crippen LogP contribution is 2.46. The van der Waals surface area contributed by atoms with Crippen molar-refractivity contribution in [3.63, 3.8) is 0 Å². The molecule has 0 aliphatic carbocycles. The predicted molar refractivity (Wildman–Crippen MR) is 76.6 cm³/mol. The van der Waals surface area contributed by atoms with Crippen molar-refractivity contribution in [3.8, 4) is 5.75 Å². The molecule has 0 spiro atoms. The second kappa shape index (κ2) is 5.59. The molecule has 3 rings (SSSR count). The molecule has 2 atom stereocenters. The maximum Gasteiger partial charge on any atom is 0.573 e. The lowest BCUT2D eigenvalue weighted by Gasteiger charge is -2.44. The lowest BCUT2D eigenvalue weighted by molar-refractivity contribution is -0.275. The Morgan fingerprint density at radius 2 is 1.75 bits per heavy atom. The standard InChI is InChI=1S/C15H16F4O4S/c16-12-6-9(4-5-13(12)23-15(17,18)19)14(20)7-10-2-1-3-11(8-14)24(10,21)22/h4-6,10-11,20H,1-3,7-8H2. The Bertz CT molecular complexity index is 724. The number of halogens is 4. The van der Waals surface area contributed by atoms with Gasteiger partial charge in [-0.25, -0.2) is 12.8 Å². The average Bonchev–Trinajstić information content (AvgIpc) is 2.41. The molecule has 4 nitrogen and oxygen atoms in total. The SMILES string of the molecule is O=S1(=O)C2CCCC1CC(O)(c1ccc(OC(F)(F)F)c(F)c1)C2. The lowest BCUT2D eigenvalue weighted by Crippen LogP contribution is -2.50. The first-order valence-electron chi connectivity index (χ1n) is 7.52. The van der Waals surface area contributed by atoms with Gasteiger partial charge >= 0.3 is 6.36 Å². The Hall–Kier alpha value is -1.35. The summed E-state index contributed by atoms with van der Waals surface area (Å²) < 4.78 is 78.5. The summed E-state index contributed by atoms with van der Waals surface area (Å²) in [7, 11) is -3.31. The van der Waals surface area contributed by atoms with Crippen molar-refractivity contribution in [2.45, 2.75) is 54.6 Å². The minimum Gasteiger partial charge on any atom is -0.403 e. The summed E-state index contributed by atoms with van der Waals surface area (Å²) in [5.41, 5.74) is -1.50. The van der Waals surface area contributed by atoms with Gasteiger partial charge in [0.2, 0.25) is 0 Å². The van der Waals surface area contributed by atoms with E-state index in [0.717, 1.165) is 24.6 Å². The Kier molecular flexibility index (Phi) is 4.07. The molecule has 0 aromatic heterocycles. The van der Waals surface area contributed by atoms with Crippen LogP contribution in [0.25, 0.3) is 0 Å². The van der Waals surface area contributed by atoms with Gasteiger partial charge in [-0.2, -0.15) is 0 Å². The van der Waals surface area contributed by atoms with E-state index in [1.165, 1.54) is 0 Å². The van der Waals surface area contributed by atoms with Crippen LogP contribution in [0.5, 0.6) is 5.75 Å². The zero-order valence-electron chi connectivity index (χ0n) is 12.5. The normalized spacial score (nSPS) is 32.4. The number of benzene rings is 1. The number of hydrogen-bond acceptors (Lipinski definition) is 4. The first-order valence-corrected chi connectivity index (χ1v) is 9.13. The molecule has 134 valence electrons. The molecular formula is C15H16F4O4S. The van der Waals surface area contributed by atoms with Gasteiger partial charge in [0, 0.05) is 0 Å². The minimum atomic E-state index is -5.02. The molecule has 1 N–H and O–H groups in total. The van der Waals surface area contributed by atoms with Gasteiger partial charge in [-0.1, -0.05) is 12.5 Å². The zero-order chi connectivity index (χ0) is 17.8. The van der Waals surface area contributed by atoms with E-state index in [4.69, 9.17) is 0 Å². The molecule has 0 saturated carbocycles. The molecule has 1 aromatic rings. The summed E-state index contributed by atoms with van der Waals surface area (Å²) in [6.07, 6.45) is -3.57. The van der Waals surface area contributed by atoms with E-state index >= 15 is 0 Å². The van der Waals surface area contributed by atoms with Crippen LogP contribution in [0.3, 0.4) is 0 Å². The maximum absolute atomic E-state index is 13.9. The van der Waals surface area contributed by atoms with Crippen LogP contribution >= 0.6 is 0 Å². The highest BCUT2D eigenvalue weighted by Gasteiger charge is 2.51. The van der Waals surface area contributed by atoms with Crippen molar-refractivity contribution in [2.24, 2.45) is 0 Å². The topological polar surface area (TPSA) is 63.6 Å². The van der Waals surface area contributed by atoms with E-state index in [0.29, 0.717) is 12.8 Å². The maximum atomic E-state index is 13.9. The number of hydrogen-bond donors (Lipinski definition) is 1. The fraction of sp³-hybridized carbons (Fsp3) is 0.600. The third-order valence-electron chi connectivity index (χ3n) is 4.81. The zero-order valence-corrected chi connectivity index (χ0v) is 13.3. The minimum absolute atomic E-state index is 0.0707. The lowest BCUT2D eigenvalue weighted by atomic mass is 9.80. The van der Waals surface area contributed by atoms with Crippen LogP contribution in [0.2, 0.25) is 0 Å². The van der Waals surface area contributed by atoms with Gasteiger partial charge in [0.1, 0.15) is 0 Å². The predicted octanol–water partition coefficient (Wildman–Crippen LogP) is 3.04. The van der Waals surface area contributed by atoms with E-state index in [2.05, 4.69) is 4.74 Å². The highest BCUT2D eigenvalue weighted by molar-refractivity contribution is 7.92. The molecule has 0 radical (unpaired) electrons. The van der Waals surface area contributed by atoms with E-state index in [9.17, 15) is 31.1 Å². The molecule has 24 heavy (non-hydrogen) atoms. The largest absolute Gasteiger partial charge is 0.573 e. The molecule has 2 aliphatic rings. The smallest absolute Gasteiger partial charge is 0.403 e. The van der Waals surface area contributed by atoms with Crippen molar-refractivity contribution in [1.82, 2.24) is 0 Å². The molecule has 2 bridgehead atoms. The van der Waals surface area contributed by atoms with Crippen LogP contribution in [0.15, 0.2) is 18.2 Å². The second-order valence-electron chi connectivity index (χ2n) is 6.40. The van der Waals surface area contributed by atoms with E-state index in [-0.39, 0.29) is 18.4 Å². The Balaban J connectivity index is 1.90. The van der Waals surface area contributed by atoms with Crippen LogP contribution < -0.4 is 4.74 Å². The van der Waals surface area contributed by atoms with Gasteiger partial charge in [0.25, 0.3) is 0 Å². The van der Waals surface area contributed by atoms with Crippen LogP contribution in [-0.4, -0.2) is 30.4 Å². The highest BCUT2D eigenvalue weighted by atomic mass is 32.2. The number of alkyl halides is 3. The third-order valence-corrected chi connectivity index (χ3v) is 7.47. The fourth-order valence-electron chi connectivity index (χ4n) is 3.68. The van der Waals surface area contributed by atoms with Crippen LogP contribution in [0, 0.1) is 5.82 Å². The van der Waals surface area contributed by atoms with Crippen LogP contribution in [-0.2, 0) is 15.4 Å². The van der Waals surface area contributed by atoms with E-state index in [1.807, 2.05) is 0 Å². The van der Waals surface area contributed by atoms with Crippen LogP contribution in [0.1, 0.15) is 37.7 Å². The number of sulfone groups is 1. The number of fused-ring (bicyclic) bond motifs is 2. The first-order chi connectivity index (χ1) is 11.0. The summed E-state index contributed by atoms with van der Waals surface area (Å²) in [6.45, 7) is 0. The van der Waals surface area contributed by atoms with Crippen molar-refractivity contribution in [1.29, 1.82) is 0 Å². The summed E-state index contributed by atoms with van der Waals surface area (Å²) in [5, 5.41) is 9.43. The van der Waals surface area contributed by atoms with Gasteiger partial charge < -0.3 is 9.84 Å². The van der Waals surface area contributed by atoms with Crippen LogP contribution in [0.4, 0.5) is 17.6 Å². The quantitative estimate of drug-likeness (QED) is 0.815. The van der Waals surface area contributed by atoms with E-state index in [1.54, 1.807) is 0 Å². The van der Waals surface area contributed by atoms with Gasteiger partial charge in [-0.3, -0.25) is 0 Å². The monoisotopic (exact) mass is 368 g/mol. The Morgan fingerprint density at radius 3 is 2.25 bits per heavy atom. The number of rotatable bonds is 2. The fourth-order valence-corrected chi connectivity index (χ4v) is 6.23. The van der Waals surface area contributed by atoms with Crippen molar-refractivity contribution in [3.05, 3.63) is 29.6 Å². The molecule has 2 heterocycles. The van der Waals surface area contributed by atoms with Crippen molar-refractivity contribution in [2.75, 3.05) is 0 Å². The molecule has 2 saturated heterocycles. The molecule has 1 aromatic carbocycles. The van der Waals surface area contributed by atoms with Gasteiger partial charge in [0.05, 0.1) is 16.1 Å². The van der Waals surface area contributed by atoms with Crippen molar-refractivity contribution < 1.29 is 35.8 Å². The first kappa shape index (κ1) is 17.5. The summed E-state index contributed by atoms with van der Waals surface area (Å²) in [6, 6.07) is 2.74. The van der Waals surface area contributed by atoms with Gasteiger partial charge in [-0.15, -0.1) is 13.2 Å². The molecule has 0 amide bonds. The molecule has 2 aliphatic heterocycles.